The van der Waals surface area contributed by atoms with Gasteiger partial charge in [-0.25, -0.2) is 0 Å². The molecule has 4 rings (SSSR count). The molecule has 1 heterocycles. The van der Waals surface area contributed by atoms with Gasteiger partial charge in [0.05, 0.1) is 25.2 Å². The molecule has 0 radical (unpaired) electrons. The minimum atomic E-state index is -2.05. The lowest BCUT2D eigenvalue weighted by Crippen LogP contribution is -2.51. The molecule has 3 atom stereocenters. The van der Waals surface area contributed by atoms with Crippen LogP contribution in [0.1, 0.15) is 53.1 Å². The monoisotopic (exact) mass is 486 g/mol. The molecule has 1 aliphatic heterocycles. The van der Waals surface area contributed by atoms with E-state index in [1.165, 1.54) is 0 Å². The van der Waals surface area contributed by atoms with Crippen LogP contribution in [0.25, 0.3) is 0 Å². The number of ether oxygens (including phenoxy) is 3. The van der Waals surface area contributed by atoms with Crippen LogP contribution in [0.2, 0.25) is 0 Å². The van der Waals surface area contributed by atoms with E-state index in [2.05, 4.69) is 0 Å². The molecule has 3 aromatic rings. The van der Waals surface area contributed by atoms with Gasteiger partial charge in [0.1, 0.15) is 6.10 Å². The van der Waals surface area contributed by atoms with Crippen LogP contribution in [0.5, 0.6) is 0 Å². The van der Waals surface area contributed by atoms with Gasteiger partial charge in [0.2, 0.25) is 5.41 Å². The Labute approximate surface area is 211 Å². The topological polar surface area (TPSA) is 78.9 Å². The second-order valence-electron chi connectivity index (χ2n) is 8.78. The zero-order chi connectivity index (χ0) is 25.7. The molecule has 186 valence electrons. The number of carbonyl (C=O) groups is 3. The molecule has 36 heavy (non-hydrogen) atoms. The minimum absolute atomic E-state index is 0.0306. The highest BCUT2D eigenvalue weighted by molar-refractivity contribution is 6.10. The molecule has 1 saturated heterocycles. The fraction of sp³-hybridized carbons (Fsp3) is 0.300. The molecule has 1 fully saturated rings. The zero-order valence-corrected chi connectivity index (χ0v) is 20.7. The Morgan fingerprint density at radius 2 is 1.28 bits per heavy atom. The van der Waals surface area contributed by atoms with E-state index in [9.17, 15) is 14.4 Å². The predicted molar refractivity (Wildman–Crippen MR) is 134 cm³/mol. The van der Waals surface area contributed by atoms with Crippen LogP contribution in [0, 0.1) is 18.3 Å². The first-order valence-electron chi connectivity index (χ1n) is 12.2. The van der Waals surface area contributed by atoms with Crippen molar-refractivity contribution in [3.05, 3.63) is 107 Å². The maximum absolute atomic E-state index is 14.2. The molecule has 0 saturated carbocycles. The van der Waals surface area contributed by atoms with Crippen LogP contribution in [0.3, 0.4) is 0 Å². The van der Waals surface area contributed by atoms with Gasteiger partial charge in [0.25, 0.3) is 0 Å². The number of carbonyl (C=O) groups excluding carboxylic acids is 3. The predicted octanol–water partition coefficient (Wildman–Crippen LogP) is 5.42. The number of ketones is 1. The maximum Gasteiger partial charge on any atom is 0.327 e. The van der Waals surface area contributed by atoms with Gasteiger partial charge in [0, 0.05) is 5.56 Å². The number of benzene rings is 3. The number of hydrogen-bond donors (Lipinski definition) is 0. The van der Waals surface area contributed by atoms with Crippen LogP contribution < -0.4 is 0 Å². The molecule has 0 spiro atoms. The zero-order valence-electron chi connectivity index (χ0n) is 20.7. The molecule has 6 heteroatoms. The van der Waals surface area contributed by atoms with Gasteiger partial charge < -0.3 is 14.2 Å². The van der Waals surface area contributed by atoms with E-state index in [-0.39, 0.29) is 19.0 Å². The number of hydrogen-bond acceptors (Lipinski definition) is 6. The molecule has 1 aliphatic rings. The summed E-state index contributed by atoms with van der Waals surface area (Å²) < 4.78 is 17.6. The van der Waals surface area contributed by atoms with Crippen molar-refractivity contribution in [2.24, 2.45) is 11.3 Å². The first-order valence-corrected chi connectivity index (χ1v) is 12.2. The van der Waals surface area contributed by atoms with E-state index in [4.69, 9.17) is 14.2 Å². The Morgan fingerprint density at radius 1 is 0.750 bits per heavy atom. The molecule has 0 bridgehead atoms. The van der Waals surface area contributed by atoms with Gasteiger partial charge in [-0.05, 0) is 31.9 Å². The number of esters is 2. The average Bonchev–Trinajstić information content (AvgIpc) is 3.27. The molecule has 0 unspecified atom stereocenters. The van der Waals surface area contributed by atoms with E-state index >= 15 is 0 Å². The van der Waals surface area contributed by atoms with Crippen LogP contribution >= 0.6 is 0 Å². The van der Waals surface area contributed by atoms with Crippen molar-refractivity contribution in [2.75, 3.05) is 13.2 Å². The summed E-state index contributed by atoms with van der Waals surface area (Å²) in [6, 6.07) is 25.2. The number of rotatable bonds is 8. The molecular weight excluding hydrogens is 456 g/mol. The van der Waals surface area contributed by atoms with Crippen LogP contribution in [-0.2, 0) is 23.8 Å². The Balaban J connectivity index is 2.02. The summed E-state index contributed by atoms with van der Waals surface area (Å²) in [4.78, 5) is 42.0. The third-order valence-corrected chi connectivity index (χ3v) is 6.56. The van der Waals surface area contributed by atoms with Gasteiger partial charge in [-0.2, -0.15) is 0 Å². The summed E-state index contributed by atoms with van der Waals surface area (Å²) in [5.41, 5.74) is 0.598. The molecule has 3 aromatic carbocycles. The first-order chi connectivity index (χ1) is 17.4. The SMILES string of the molecule is CCOC(=O)C1(C(=O)OCC)[C@@H](c2ccc(C)cc2)O[C@@H](c2ccccc2)[C@H]1C(=O)c1ccccc1. The van der Waals surface area contributed by atoms with Crippen LogP contribution in [-0.4, -0.2) is 30.9 Å². The second kappa shape index (κ2) is 10.9. The summed E-state index contributed by atoms with van der Waals surface area (Å²) in [7, 11) is 0. The van der Waals surface area contributed by atoms with Gasteiger partial charge in [0.15, 0.2) is 5.78 Å². The lowest BCUT2D eigenvalue weighted by atomic mass is 9.66. The van der Waals surface area contributed by atoms with Gasteiger partial charge in [-0.3, -0.25) is 14.4 Å². The normalized spacial score (nSPS) is 20.5. The highest BCUT2D eigenvalue weighted by Gasteiger charge is 2.70. The smallest absolute Gasteiger partial charge is 0.327 e. The molecule has 6 nitrogen and oxygen atoms in total. The second-order valence-corrected chi connectivity index (χ2v) is 8.78. The molecule has 0 aromatic heterocycles. The maximum atomic E-state index is 14.2. The summed E-state index contributed by atoms with van der Waals surface area (Å²) in [5.74, 6) is -3.27. The van der Waals surface area contributed by atoms with Crippen molar-refractivity contribution in [1.82, 2.24) is 0 Å². The summed E-state index contributed by atoms with van der Waals surface area (Å²) in [5, 5.41) is 0. The lowest BCUT2D eigenvalue weighted by Gasteiger charge is -2.33. The van der Waals surface area contributed by atoms with Crippen LogP contribution in [0.15, 0.2) is 84.9 Å². The van der Waals surface area contributed by atoms with Crippen molar-refractivity contribution < 1.29 is 28.6 Å². The number of aryl methyl sites for hydroxylation is 1. The largest absolute Gasteiger partial charge is 0.465 e. The fourth-order valence-corrected chi connectivity index (χ4v) is 4.91. The van der Waals surface area contributed by atoms with Gasteiger partial charge in [-0.15, -0.1) is 0 Å². The van der Waals surface area contributed by atoms with Gasteiger partial charge in [-0.1, -0.05) is 90.5 Å². The van der Waals surface area contributed by atoms with E-state index in [1.807, 2.05) is 61.5 Å². The first kappa shape index (κ1) is 25.3. The Bertz CT molecular complexity index is 1190. The van der Waals surface area contributed by atoms with Gasteiger partial charge >= 0.3 is 11.9 Å². The van der Waals surface area contributed by atoms with E-state index in [0.717, 1.165) is 5.56 Å². The van der Waals surface area contributed by atoms with Crippen molar-refractivity contribution in [2.45, 2.75) is 33.0 Å². The Morgan fingerprint density at radius 3 is 1.81 bits per heavy atom. The fourth-order valence-electron chi connectivity index (χ4n) is 4.91. The van der Waals surface area contributed by atoms with Crippen LogP contribution in [0.4, 0.5) is 0 Å². The highest BCUT2D eigenvalue weighted by Crippen LogP contribution is 2.59. The summed E-state index contributed by atoms with van der Waals surface area (Å²) in [6.45, 7) is 5.33. The molecule has 0 N–H and O–H groups in total. The Kier molecular flexibility index (Phi) is 7.65. The molecule has 0 amide bonds. The summed E-state index contributed by atoms with van der Waals surface area (Å²) in [6.07, 6.45) is -1.99. The van der Waals surface area contributed by atoms with Crippen molar-refractivity contribution >= 4 is 17.7 Å². The van der Waals surface area contributed by atoms with E-state index in [0.29, 0.717) is 16.7 Å². The van der Waals surface area contributed by atoms with Crippen molar-refractivity contribution in [3.8, 4) is 0 Å². The standard InChI is InChI=1S/C30H30O6/c1-4-34-28(32)30(29(33)35-5-2)24(25(31)21-12-8-6-9-13-21)26(22-14-10-7-11-15-22)36-27(30)23-18-16-20(3)17-19-23/h6-19,24,26-27H,4-5H2,1-3H3/t24-,26+,27-/m1/s1. The minimum Gasteiger partial charge on any atom is -0.465 e. The van der Waals surface area contributed by atoms with E-state index in [1.54, 1.807) is 44.2 Å². The Hall–Kier alpha value is -3.77. The molecular formula is C30H30O6. The summed E-state index contributed by atoms with van der Waals surface area (Å²) >= 11 is 0. The molecule has 0 aliphatic carbocycles. The highest BCUT2D eigenvalue weighted by atomic mass is 16.6. The lowest BCUT2D eigenvalue weighted by molar-refractivity contribution is -0.178. The van der Waals surface area contributed by atoms with Crippen molar-refractivity contribution in [1.29, 1.82) is 0 Å². The third-order valence-electron chi connectivity index (χ3n) is 6.56. The van der Waals surface area contributed by atoms with Crippen molar-refractivity contribution in [3.63, 3.8) is 0 Å². The third kappa shape index (κ3) is 4.44. The average molecular weight is 487 g/mol. The number of Topliss-reactive ketones (excluding diaryl/α,β-unsaturated/α-hetero) is 1. The van der Waals surface area contributed by atoms with E-state index < -0.39 is 35.5 Å². The quantitative estimate of drug-likeness (QED) is 0.240.